The van der Waals surface area contributed by atoms with Crippen LogP contribution in [0.5, 0.6) is 0 Å². The van der Waals surface area contributed by atoms with Crippen molar-refractivity contribution in [1.82, 2.24) is 4.90 Å². The monoisotopic (exact) mass is 341 g/mol. The molecule has 7 nitrogen and oxygen atoms in total. The predicted octanol–water partition coefficient (Wildman–Crippen LogP) is 0.00180. The molecule has 0 saturated carbocycles. The van der Waals surface area contributed by atoms with E-state index in [1.54, 1.807) is 30.3 Å². The van der Waals surface area contributed by atoms with Gasteiger partial charge in [-0.15, -0.1) is 0 Å². The van der Waals surface area contributed by atoms with E-state index in [9.17, 15) is 18.0 Å². The molecule has 1 amide bonds. The average Bonchev–Trinajstić information content (AvgIpc) is 2.55. The molecule has 0 unspecified atom stereocenters. The number of hydrogen-bond acceptors (Lipinski definition) is 6. The summed E-state index contributed by atoms with van der Waals surface area (Å²) < 4.78 is 34.4. The van der Waals surface area contributed by atoms with Crippen molar-refractivity contribution in [1.29, 1.82) is 0 Å². The lowest BCUT2D eigenvalue weighted by Gasteiger charge is -2.29. The van der Waals surface area contributed by atoms with E-state index in [0.717, 1.165) is 0 Å². The summed E-state index contributed by atoms with van der Waals surface area (Å²) in [5, 5.41) is 0. The van der Waals surface area contributed by atoms with Crippen LogP contribution >= 0.6 is 0 Å². The lowest BCUT2D eigenvalue weighted by Crippen LogP contribution is -2.48. The van der Waals surface area contributed by atoms with E-state index in [2.05, 4.69) is 0 Å². The first-order valence-electron chi connectivity index (χ1n) is 7.22. The van der Waals surface area contributed by atoms with Crippen LogP contribution in [-0.2, 0) is 34.7 Å². The Hall–Kier alpha value is -1.93. The van der Waals surface area contributed by atoms with Crippen LogP contribution < -0.4 is 0 Å². The Kier molecular flexibility index (Phi) is 6.12. The highest BCUT2D eigenvalue weighted by Gasteiger charge is 2.31. The molecule has 1 aliphatic rings. The number of sulfone groups is 1. The first-order chi connectivity index (χ1) is 11.0. The van der Waals surface area contributed by atoms with Crippen LogP contribution in [0.1, 0.15) is 5.56 Å². The van der Waals surface area contributed by atoms with Crippen molar-refractivity contribution in [3.05, 3.63) is 35.9 Å². The second-order valence-electron chi connectivity index (χ2n) is 5.20. The van der Waals surface area contributed by atoms with Gasteiger partial charge in [0.25, 0.3) is 12.4 Å². The van der Waals surface area contributed by atoms with Crippen LogP contribution in [0.2, 0.25) is 0 Å². The van der Waals surface area contributed by atoms with Gasteiger partial charge in [-0.05, 0) is 5.56 Å². The number of ether oxygens (including phenoxy) is 2. The van der Waals surface area contributed by atoms with Crippen LogP contribution in [0.15, 0.2) is 30.3 Å². The molecule has 2 rings (SSSR count). The van der Waals surface area contributed by atoms with Crippen molar-refractivity contribution in [2.24, 2.45) is 0 Å². The maximum absolute atomic E-state index is 12.3. The minimum absolute atomic E-state index is 0.112. The number of nitrogens with zero attached hydrogens (tertiary/aromatic N) is 1. The van der Waals surface area contributed by atoms with Gasteiger partial charge >= 0.3 is 0 Å². The highest BCUT2D eigenvalue weighted by atomic mass is 32.2. The molecule has 0 aromatic heterocycles. The molecule has 1 aliphatic heterocycles. The predicted molar refractivity (Wildman–Crippen MR) is 82.3 cm³/mol. The van der Waals surface area contributed by atoms with E-state index in [-0.39, 0.29) is 12.2 Å². The third-order valence-corrected chi connectivity index (χ3v) is 5.04. The molecule has 1 aromatic carbocycles. The van der Waals surface area contributed by atoms with Gasteiger partial charge in [0.2, 0.25) is 0 Å². The molecular formula is C15H19NO6S. The summed E-state index contributed by atoms with van der Waals surface area (Å²) in [7, 11) is -3.60. The van der Waals surface area contributed by atoms with Gasteiger partial charge in [0.1, 0.15) is 0 Å². The van der Waals surface area contributed by atoms with E-state index in [1.807, 2.05) is 0 Å². The van der Waals surface area contributed by atoms with Crippen molar-refractivity contribution < 1.29 is 27.5 Å². The molecule has 1 heterocycles. The summed E-state index contributed by atoms with van der Waals surface area (Å²) >= 11 is 0. The summed E-state index contributed by atoms with van der Waals surface area (Å²) in [6.07, 6.45) is -1.32. The molecule has 126 valence electrons. The van der Waals surface area contributed by atoms with Gasteiger partial charge in [0.05, 0.1) is 24.7 Å². The van der Waals surface area contributed by atoms with Crippen LogP contribution in [-0.4, -0.2) is 63.9 Å². The third kappa shape index (κ3) is 5.33. The molecule has 0 N–H and O–H groups in total. The van der Waals surface area contributed by atoms with Crippen molar-refractivity contribution in [3.8, 4) is 0 Å². The zero-order valence-corrected chi connectivity index (χ0v) is 13.4. The highest BCUT2D eigenvalue weighted by molar-refractivity contribution is 7.90. The van der Waals surface area contributed by atoms with Crippen LogP contribution in [0.3, 0.4) is 0 Å². The minimum Gasteiger partial charge on any atom is -0.453 e. The zero-order chi connectivity index (χ0) is 16.7. The molecule has 0 bridgehead atoms. The number of carbonyl (C=O) groups is 2. The maximum Gasteiger partial charge on any atom is 0.293 e. The number of hydrogen-bond donors (Lipinski definition) is 0. The lowest BCUT2D eigenvalue weighted by molar-refractivity contribution is -0.152. The van der Waals surface area contributed by atoms with E-state index in [4.69, 9.17) is 9.47 Å². The Morgan fingerprint density at radius 2 is 1.91 bits per heavy atom. The van der Waals surface area contributed by atoms with Crippen molar-refractivity contribution in [3.63, 3.8) is 0 Å². The number of benzene rings is 1. The number of amides is 1. The van der Waals surface area contributed by atoms with E-state index < -0.39 is 27.6 Å². The molecule has 8 heteroatoms. The summed E-state index contributed by atoms with van der Waals surface area (Å²) in [6, 6.07) is 8.65. The van der Waals surface area contributed by atoms with Gasteiger partial charge in [-0.25, -0.2) is 8.42 Å². The Morgan fingerprint density at radius 1 is 1.26 bits per heavy atom. The maximum atomic E-state index is 12.3. The Balaban J connectivity index is 2.05. The highest BCUT2D eigenvalue weighted by Crippen LogP contribution is 2.11. The van der Waals surface area contributed by atoms with Crippen LogP contribution in [0.25, 0.3) is 0 Å². The number of carbonyl (C=O) groups excluding carboxylic acids is 2. The Labute approximate surface area is 135 Å². The molecule has 1 aromatic rings. The van der Waals surface area contributed by atoms with Gasteiger partial charge < -0.3 is 14.4 Å². The summed E-state index contributed by atoms with van der Waals surface area (Å²) in [5.74, 6) is -1.24. The quantitative estimate of drug-likeness (QED) is 0.649. The molecular weight excluding hydrogens is 322 g/mol. The second kappa shape index (κ2) is 8.07. The lowest BCUT2D eigenvalue weighted by atomic mass is 10.2. The van der Waals surface area contributed by atoms with E-state index >= 15 is 0 Å². The zero-order valence-electron chi connectivity index (χ0n) is 12.6. The van der Waals surface area contributed by atoms with Crippen molar-refractivity contribution >= 4 is 22.2 Å². The first kappa shape index (κ1) is 17.4. The second-order valence-corrected chi connectivity index (χ2v) is 7.31. The fourth-order valence-corrected chi connectivity index (χ4v) is 3.84. The normalized spacial score (nSPS) is 16.6. The smallest absolute Gasteiger partial charge is 0.293 e. The van der Waals surface area contributed by atoms with Gasteiger partial charge in [-0.3, -0.25) is 9.59 Å². The Morgan fingerprint density at radius 3 is 2.52 bits per heavy atom. The van der Waals surface area contributed by atoms with Gasteiger partial charge in [0, 0.05) is 13.1 Å². The first-order valence-corrected chi connectivity index (χ1v) is 9.04. The molecule has 0 aliphatic carbocycles. The van der Waals surface area contributed by atoms with E-state index in [0.29, 0.717) is 31.9 Å². The average molecular weight is 341 g/mol. The minimum atomic E-state index is -3.60. The topological polar surface area (TPSA) is 90.0 Å². The molecule has 23 heavy (non-hydrogen) atoms. The molecule has 1 fully saturated rings. The van der Waals surface area contributed by atoms with Crippen molar-refractivity contribution in [2.45, 2.75) is 11.9 Å². The van der Waals surface area contributed by atoms with Crippen LogP contribution in [0, 0.1) is 0 Å². The number of morpholine rings is 1. The fourth-order valence-electron chi connectivity index (χ4n) is 2.34. The molecule has 0 radical (unpaired) electrons. The summed E-state index contributed by atoms with van der Waals surface area (Å²) in [4.78, 5) is 24.4. The van der Waals surface area contributed by atoms with Crippen molar-refractivity contribution in [2.75, 3.05) is 32.1 Å². The summed E-state index contributed by atoms with van der Waals surface area (Å²) in [6.45, 7) is 1.60. The largest absolute Gasteiger partial charge is 0.453 e. The third-order valence-electron chi connectivity index (χ3n) is 3.45. The van der Waals surface area contributed by atoms with E-state index in [1.165, 1.54) is 4.90 Å². The fraction of sp³-hybridized carbons (Fsp3) is 0.467. The van der Waals surface area contributed by atoms with Gasteiger partial charge in [0.15, 0.2) is 15.9 Å². The standard InChI is InChI=1S/C15H19NO6S/c17-12-22-14(15(18)16-6-8-21-9-7-16)11-23(19,20)10-13-4-2-1-3-5-13/h1-5,12,14H,6-11H2/t14-/m0/s1. The SMILES string of the molecule is O=CO[C@@H](CS(=O)(=O)Cc1ccccc1)C(=O)N1CCOCC1. The van der Waals surface area contributed by atoms with Crippen LogP contribution in [0.4, 0.5) is 0 Å². The molecule has 1 saturated heterocycles. The van der Waals surface area contributed by atoms with Gasteiger partial charge in [-0.1, -0.05) is 30.3 Å². The molecule has 0 spiro atoms. The summed E-state index contributed by atoms with van der Waals surface area (Å²) in [5.41, 5.74) is 0.621. The molecule has 1 atom stereocenters. The Bertz CT molecular complexity index is 625. The van der Waals surface area contributed by atoms with Gasteiger partial charge in [-0.2, -0.15) is 0 Å². The number of rotatable bonds is 7.